The minimum Gasteiger partial charge on any atom is -0.384 e. The third kappa shape index (κ3) is 2.20. The lowest BCUT2D eigenvalue weighted by Crippen LogP contribution is -2.20. The molecule has 0 amide bonds. The SMILES string of the molecule is C=CC1=C(C(N)=NC)CCC(C)C1. The first kappa shape index (κ1) is 10.0. The van der Waals surface area contributed by atoms with Crippen molar-refractivity contribution in [1.29, 1.82) is 0 Å². The summed E-state index contributed by atoms with van der Waals surface area (Å²) in [4.78, 5) is 4.02. The maximum absolute atomic E-state index is 5.80. The summed E-state index contributed by atoms with van der Waals surface area (Å²) in [6.07, 6.45) is 5.27. The van der Waals surface area contributed by atoms with Gasteiger partial charge in [0.1, 0.15) is 5.84 Å². The predicted molar refractivity (Wildman–Crippen MR) is 57.8 cm³/mol. The van der Waals surface area contributed by atoms with E-state index in [-0.39, 0.29) is 0 Å². The molecule has 1 rings (SSSR count). The molecule has 0 spiro atoms. The van der Waals surface area contributed by atoms with Crippen LogP contribution < -0.4 is 5.73 Å². The minimum atomic E-state index is 0.682. The van der Waals surface area contributed by atoms with E-state index in [9.17, 15) is 0 Å². The summed E-state index contributed by atoms with van der Waals surface area (Å²) in [5, 5.41) is 0. The van der Waals surface area contributed by atoms with Gasteiger partial charge in [-0.2, -0.15) is 0 Å². The van der Waals surface area contributed by atoms with Crippen molar-refractivity contribution >= 4 is 5.84 Å². The van der Waals surface area contributed by atoms with E-state index in [0.717, 1.165) is 18.8 Å². The smallest absolute Gasteiger partial charge is 0.121 e. The molecule has 0 bridgehead atoms. The Morgan fingerprint density at radius 1 is 1.69 bits per heavy atom. The molecule has 0 aromatic heterocycles. The standard InChI is InChI=1S/C11H18N2/c1-4-9-7-8(2)5-6-10(9)11(12)13-3/h4,8H,1,5-7H2,2-3H3,(H2,12,13). The maximum Gasteiger partial charge on any atom is 0.121 e. The van der Waals surface area contributed by atoms with Crippen molar-refractivity contribution in [3.05, 3.63) is 23.8 Å². The van der Waals surface area contributed by atoms with Crippen LogP contribution in [0.2, 0.25) is 0 Å². The number of nitrogens with two attached hydrogens (primary N) is 1. The largest absolute Gasteiger partial charge is 0.384 e. The zero-order valence-electron chi connectivity index (χ0n) is 8.51. The third-order valence-corrected chi connectivity index (χ3v) is 2.64. The van der Waals surface area contributed by atoms with Gasteiger partial charge in [-0.3, -0.25) is 4.99 Å². The molecule has 72 valence electrons. The highest BCUT2D eigenvalue weighted by Gasteiger charge is 2.17. The van der Waals surface area contributed by atoms with Crippen LogP contribution in [0.1, 0.15) is 26.2 Å². The highest BCUT2D eigenvalue weighted by molar-refractivity contribution is 5.98. The van der Waals surface area contributed by atoms with E-state index in [1.807, 2.05) is 6.08 Å². The van der Waals surface area contributed by atoms with Crippen molar-refractivity contribution in [2.45, 2.75) is 26.2 Å². The lowest BCUT2D eigenvalue weighted by molar-refractivity contribution is 0.509. The fourth-order valence-corrected chi connectivity index (χ4v) is 1.79. The van der Waals surface area contributed by atoms with Gasteiger partial charge in [-0.1, -0.05) is 19.6 Å². The summed E-state index contributed by atoms with van der Waals surface area (Å²) in [7, 11) is 1.74. The molecule has 0 saturated carbocycles. The van der Waals surface area contributed by atoms with Gasteiger partial charge >= 0.3 is 0 Å². The second kappa shape index (κ2) is 4.26. The molecule has 2 nitrogen and oxygen atoms in total. The molecular weight excluding hydrogens is 160 g/mol. The molecule has 0 aromatic carbocycles. The number of hydrogen-bond acceptors (Lipinski definition) is 1. The number of hydrogen-bond donors (Lipinski definition) is 1. The number of rotatable bonds is 2. The van der Waals surface area contributed by atoms with Crippen molar-refractivity contribution in [1.82, 2.24) is 0 Å². The van der Waals surface area contributed by atoms with Crippen LogP contribution in [0.5, 0.6) is 0 Å². The van der Waals surface area contributed by atoms with Crippen LogP contribution in [0.15, 0.2) is 28.8 Å². The Balaban J connectivity index is 2.96. The van der Waals surface area contributed by atoms with E-state index in [1.165, 1.54) is 17.6 Å². The van der Waals surface area contributed by atoms with E-state index in [0.29, 0.717) is 5.84 Å². The van der Waals surface area contributed by atoms with Crippen molar-refractivity contribution in [3.63, 3.8) is 0 Å². The molecule has 0 radical (unpaired) electrons. The van der Waals surface area contributed by atoms with E-state index in [2.05, 4.69) is 18.5 Å². The molecule has 1 aliphatic carbocycles. The van der Waals surface area contributed by atoms with E-state index < -0.39 is 0 Å². The number of allylic oxidation sites excluding steroid dienone is 2. The first-order chi connectivity index (χ1) is 6.19. The molecule has 13 heavy (non-hydrogen) atoms. The zero-order chi connectivity index (χ0) is 9.84. The fourth-order valence-electron chi connectivity index (χ4n) is 1.79. The molecule has 0 aliphatic heterocycles. The van der Waals surface area contributed by atoms with Crippen molar-refractivity contribution in [3.8, 4) is 0 Å². The van der Waals surface area contributed by atoms with Crippen molar-refractivity contribution in [2.24, 2.45) is 16.6 Å². The Labute approximate surface area is 80.2 Å². The first-order valence-electron chi connectivity index (χ1n) is 4.76. The fraction of sp³-hybridized carbons (Fsp3) is 0.545. The summed E-state index contributed by atoms with van der Waals surface area (Å²) in [6.45, 7) is 6.08. The Morgan fingerprint density at radius 3 is 2.92 bits per heavy atom. The van der Waals surface area contributed by atoms with Gasteiger partial charge in [0, 0.05) is 7.05 Å². The molecule has 0 fully saturated rings. The summed E-state index contributed by atoms with van der Waals surface area (Å²) in [6, 6.07) is 0. The normalized spacial score (nSPS) is 24.8. The van der Waals surface area contributed by atoms with Crippen LogP contribution in [0.25, 0.3) is 0 Å². The van der Waals surface area contributed by atoms with Crippen molar-refractivity contribution < 1.29 is 0 Å². The van der Waals surface area contributed by atoms with Crippen LogP contribution >= 0.6 is 0 Å². The van der Waals surface area contributed by atoms with Gasteiger partial charge in [-0.05, 0) is 36.3 Å². The molecule has 1 unspecified atom stereocenters. The van der Waals surface area contributed by atoms with Gasteiger partial charge < -0.3 is 5.73 Å². The highest BCUT2D eigenvalue weighted by Crippen LogP contribution is 2.29. The second-order valence-electron chi connectivity index (χ2n) is 3.66. The number of nitrogens with zero attached hydrogens (tertiary/aromatic N) is 1. The molecule has 2 N–H and O–H groups in total. The zero-order valence-corrected chi connectivity index (χ0v) is 8.51. The lowest BCUT2D eigenvalue weighted by Gasteiger charge is -2.22. The Kier molecular flexibility index (Phi) is 3.29. The number of aliphatic imine (C=N–C) groups is 1. The molecule has 0 heterocycles. The number of amidine groups is 1. The van der Waals surface area contributed by atoms with Gasteiger partial charge in [0.25, 0.3) is 0 Å². The van der Waals surface area contributed by atoms with Crippen LogP contribution in [-0.4, -0.2) is 12.9 Å². The van der Waals surface area contributed by atoms with Gasteiger partial charge in [-0.25, -0.2) is 0 Å². The molecule has 1 aliphatic rings. The minimum absolute atomic E-state index is 0.682. The third-order valence-electron chi connectivity index (χ3n) is 2.64. The summed E-state index contributed by atoms with van der Waals surface area (Å²) < 4.78 is 0. The summed E-state index contributed by atoms with van der Waals surface area (Å²) in [5.41, 5.74) is 8.29. The monoisotopic (exact) mass is 178 g/mol. The lowest BCUT2D eigenvalue weighted by atomic mass is 9.84. The topological polar surface area (TPSA) is 38.4 Å². The van der Waals surface area contributed by atoms with E-state index in [4.69, 9.17) is 5.73 Å². The average Bonchev–Trinajstić information content (AvgIpc) is 2.16. The predicted octanol–water partition coefficient (Wildman–Crippen LogP) is 2.28. The van der Waals surface area contributed by atoms with Gasteiger partial charge in [0.2, 0.25) is 0 Å². The second-order valence-corrected chi connectivity index (χ2v) is 3.66. The quantitative estimate of drug-likeness (QED) is 0.511. The average molecular weight is 178 g/mol. The molecule has 1 atom stereocenters. The molecule has 0 saturated heterocycles. The van der Waals surface area contributed by atoms with Crippen LogP contribution in [0.4, 0.5) is 0 Å². The van der Waals surface area contributed by atoms with E-state index >= 15 is 0 Å². The van der Waals surface area contributed by atoms with Crippen molar-refractivity contribution in [2.75, 3.05) is 7.05 Å². The molecule has 2 heteroatoms. The van der Waals surface area contributed by atoms with Crippen LogP contribution in [0.3, 0.4) is 0 Å². The highest BCUT2D eigenvalue weighted by atomic mass is 14.8. The Hall–Kier alpha value is -1.05. The molecular formula is C11H18N2. The Morgan fingerprint density at radius 2 is 2.38 bits per heavy atom. The van der Waals surface area contributed by atoms with Gasteiger partial charge in [0.05, 0.1) is 0 Å². The Bertz CT molecular complexity index is 261. The van der Waals surface area contributed by atoms with Crippen LogP contribution in [0, 0.1) is 5.92 Å². The summed E-state index contributed by atoms with van der Waals surface area (Å²) >= 11 is 0. The first-order valence-corrected chi connectivity index (χ1v) is 4.76. The maximum atomic E-state index is 5.80. The van der Waals surface area contributed by atoms with Gasteiger partial charge in [-0.15, -0.1) is 0 Å². The van der Waals surface area contributed by atoms with E-state index in [1.54, 1.807) is 7.05 Å². The van der Waals surface area contributed by atoms with Gasteiger partial charge in [0.15, 0.2) is 0 Å². The van der Waals surface area contributed by atoms with Crippen LogP contribution in [-0.2, 0) is 0 Å². The molecule has 0 aromatic rings. The summed E-state index contributed by atoms with van der Waals surface area (Å²) in [5.74, 6) is 1.43.